The van der Waals surface area contributed by atoms with E-state index in [9.17, 15) is 4.79 Å². The minimum absolute atomic E-state index is 0. The van der Waals surface area contributed by atoms with E-state index in [-0.39, 0.29) is 7.33 Å². The van der Waals surface area contributed by atoms with Crippen molar-refractivity contribution in [2.45, 2.75) is 34.1 Å². The van der Waals surface area contributed by atoms with E-state index in [2.05, 4.69) is 22.0 Å². The fourth-order valence-electron chi connectivity index (χ4n) is 1.81. The number of rotatable bonds is 5. The Labute approximate surface area is 108 Å². The first-order valence-corrected chi connectivity index (χ1v) is 6.97. The van der Waals surface area contributed by atoms with Gasteiger partial charge in [0.15, 0.2) is 0 Å². The molecule has 0 atom stereocenters. The van der Waals surface area contributed by atoms with Crippen molar-refractivity contribution in [2.24, 2.45) is 0 Å². The zero-order valence-corrected chi connectivity index (χ0v) is 12.0. The van der Waals surface area contributed by atoms with Crippen molar-refractivity contribution in [3.8, 4) is 0 Å². The minimum atomic E-state index is 0. The highest BCUT2D eigenvalue weighted by atomic mass is 16.1. The third kappa shape index (κ3) is 7.34. The summed E-state index contributed by atoms with van der Waals surface area (Å²) >= 11 is 0. The van der Waals surface area contributed by atoms with E-state index in [0.29, 0.717) is 6.42 Å². The first kappa shape index (κ1) is 16.4. The number of nitrogens with zero attached hydrogens (tertiary/aromatic N) is 2. The van der Waals surface area contributed by atoms with Crippen LogP contribution < -0.4 is 5.32 Å². The zero-order valence-electron chi connectivity index (χ0n) is 12.0. The maximum atomic E-state index is 11.0. The van der Waals surface area contributed by atoms with Crippen molar-refractivity contribution in [3.63, 3.8) is 0 Å². The highest BCUT2D eigenvalue weighted by Gasteiger charge is 2.14. The molecule has 1 N–H and O–H groups in total. The molecule has 1 saturated heterocycles. The molecule has 0 bridgehead atoms. The van der Waals surface area contributed by atoms with Crippen LogP contribution in [0.1, 0.15) is 35.5 Å². The van der Waals surface area contributed by atoms with Gasteiger partial charge in [-0.3, -0.25) is 9.69 Å². The standard InChI is InChI=1S/C11H23N3O.C2H6.H2/c1-3-11(15)12-5-6-14-9-7-13(4-2)8-10-14;1-2;/h3-10H2,1-2H3,(H,12,15);1-2H3;1H. The van der Waals surface area contributed by atoms with E-state index in [1.165, 1.54) is 0 Å². The second kappa shape index (κ2) is 10.5. The summed E-state index contributed by atoms with van der Waals surface area (Å²) in [6, 6.07) is 0. The summed E-state index contributed by atoms with van der Waals surface area (Å²) in [5.74, 6) is 0.155. The zero-order chi connectivity index (χ0) is 13.1. The summed E-state index contributed by atoms with van der Waals surface area (Å²) in [4.78, 5) is 15.9. The summed E-state index contributed by atoms with van der Waals surface area (Å²) in [7, 11) is 0. The van der Waals surface area contributed by atoms with Gasteiger partial charge in [0.2, 0.25) is 5.91 Å². The highest BCUT2D eigenvalue weighted by molar-refractivity contribution is 5.75. The van der Waals surface area contributed by atoms with E-state index < -0.39 is 0 Å². The van der Waals surface area contributed by atoms with E-state index in [1.807, 2.05) is 20.8 Å². The summed E-state index contributed by atoms with van der Waals surface area (Å²) < 4.78 is 0. The molecule has 1 aliphatic rings. The third-order valence-electron chi connectivity index (χ3n) is 2.98. The molecule has 1 fully saturated rings. The van der Waals surface area contributed by atoms with Gasteiger partial charge in [-0.1, -0.05) is 27.7 Å². The van der Waals surface area contributed by atoms with Gasteiger partial charge >= 0.3 is 0 Å². The van der Waals surface area contributed by atoms with Crippen molar-refractivity contribution < 1.29 is 6.22 Å². The molecule has 4 nitrogen and oxygen atoms in total. The molecule has 1 amide bonds. The van der Waals surface area contributed by atoms with Crippen molar-refractivity contribution in [1.29, 1.82) is 0 Å². The maximum Gasteiger partial charge on any atom is 0.219 e. The highest BCUT2D eigenvalue weighted by Crippen LogP contribution is 1.99. The molecule has 1 rings (SSSR count). The molecule has 104 valence electrons. The van der Waals surface area contributed by atoms with Crippen molar-refractivity contribution in [3.05, 3.63) is 0 Å². The number of hydrogen-bond donors (Lipinski definition) is 1. The fourth-order valence-corrected chi connectivity index (χ4v) is 1.81. The van der Waals surface area contributed by atoms with Crippen LogP contribution in [-0.2, 0) is 4.79 Å². The molecule has 0 spiro atoms. The van der Waals surface area contributed by atoms with Crippen LogP contribution >= 0.6 is 0 Å². The monoisotopic (exact) mass is 245 g/mol. The van der Waals surface area contributed by atoms with Crippen molar-refractivity contribution in [2.75, 3.05) is 45.8 Å². The number of amides is 1. The van der Waals surface area contributed by atoms with E-state index in [4.69, 9.17) is 0 Å². The fraction of sp³-hybridized carbons (Fsp3) is 0.923. The van der Waals surface area contributed by atoms with Gasteiger partial charge in [0.25, 0.3) is 0 Å². The van der Waals surface area contributed by atoms with Crippen LogP contribution in [0.2, 0.25) is 0 Å². The number of carbonyl (C=O) groups is 1. The van der Waals surface area contributed by atoms with Crippen LogP contribution in [0.3, 0.4) is 0 Å². The normalized spacial score (nSPS) is 17.2. The second-order valence-electron chi connectivity index (χ2n) is 3.98. The molecule has 1 aliphatic heterocycles. The quantitative estimate of drug-likeness (QED) is 0.796. The SMILES string of the molecule is CC.CCC(=O)NCCN1CCN(CC)CC1.[HH]. The van der Waals surface area contributed by atoms with Crippen LogP contribution in [0, 0.1) is 0 Å². The molecule has 0 unspecified atom stereocenters. The smallest absolute Gasteiger partial charge is 0.219 e. The molecule has 0 aromatic carbocycles. The Balaban J connectivity index is 0. The van der Waals surface area contributed by atoms with Crippen LogP contribution in [0.15, 0.2) is 0 Å². The summed E-state index contributed by atoms with van der Waals surface area (Å²) in [5, 5.41) is 2.91. The van der Waals surface area contributed by atoms with Gasteiger partial charge in [-0.25, -0.2) is 0 Å². The first-order chi connectivity index (χ1) is 8.26. The summed E-state index contributed by atoms with van der Waals surface area (Å²) in [6.45, 7) is 15.6. The number of carbonyl (C=O) groups excluding carboxylic acids is 1. The Bertz CT molecular complexity index is 195. The molecule has 0 aromatic rings. The topological polar surface area (TPSA) is 35.6 Å². The average Bonchev–Trinajstić information content (AvgIpc) is 2.41. The molecule has 1 heterocycles. The number of likely N-dealkylation sites (N-methyl/N-ethyl adjacent to an activating group) is 1. The number of nitrogens with one attached hydrogen (secondary N) is 1. The molecule has 17 heavy (non-hydrogen) atoms. The van der Waals surface area contributed by atoms with Crippen LogP contribution in [0.5, 0.6) is 0 Å². The van der Waals surface area contributed by atoms with Gasteiger partial charge in [-0.2, -0.15) is 0 Å². The van der Waals surface area contributed by atoms with Crippen molar-refractivity contribution in [1.82, 2.24) is 15.1 Å². The molecule has 0 aromatic heterocycles. The van der Waals surface area contributed by atoms with Crippen molar-refractivity contribution >= 4 is 5.91 Å². The molecular weight excluding hydrogens is 214 g/mol. The Morgan fingerprint density at radius 1 is 1.12 bits per heavy atom. The third-order valence-corrected chi connectivity index (χ3v) is 2.98. The predicted molar refractivity (Wildman–Crippen MR) is 75.3 cm³/mol. The lowest BCUT2D eigenvalue weighted by Crippen LogP contribution is -2.48. The number of piperazine rings is 1. The largest absolute Gasteiger partial charge is 0.355 e. The first-order valence-electron chi connectivity index (χ1n) is 6.97. The van der Waals surface area contributed by atoms with E-state index >= 15 is 0 Å². The van der Waals surface area contributed by atoms with Crippen LogP contribution in [0.4, 0.5) is 0 Å². The lowest BCUT2D eigenvalue weighted by atomic mass is 10.3. The van der Waals surface area contributed by atoms with Gasteiger partial charge in [-0.05, 0) is 6.54 Å². The summed E-state index contributed by atoms with van der Waals surface area (Å²) in [5.41, 5.74) is 0. The molecule has 4 heteroatoms. The van der Waals surface area contributed by atoms with Gasteiger partial charge in [0.05, 0.1) is 0 Å². The number of hydrogen-bond acceptors (Lipinski definition) is 3. The molecule has 0 radical (unpaired) electrons. The maximum absolute atomic E-state index is 11.0. The van der Waals surface area contributed by atoms with E-state index in [0.717, 1.165) is 45.8 Å². The summed E-state index contributed by atoms with van der Waals surface area (Å²) in [6.07, 6.45) is 0.587. The molecule has 0 saturated carbocycles. The van der Waals surface area contributed by atoms with Gasteiger partial charge < -0.3 is 10.2 Å². The minimum Gasteiger partial charge on any atom is -0.355 e. The van der Waals surface area contributed by atoms with Gasteiger partial charge in [-0.15, -0.1) is 0 Å². The van der Waals surface area contributed by atoms with Crippen LogP contribution in [0.25, 0.3) is 0 Å². The van der Waals surface area contributed by atoms with Crippen LogP contribution in [-0.4, -0.2) is 61.5 Å². The Kier molecular flexibility index (Phi) is 10.2. The Morgan fingerprint density at radius 3 is 2.12 bits per heavy atom. The van der Waals surface area contributed by atoms with Gasteiger partial charge in [0.1, 0.15) is 0 Å². The van der Waals surface area contributed by atoms with Gasteiger partial charge in [0, 0.05) is 47.1 Å². The van der Waals surface area contributed by atoms with E-state index in [1.54, 1.807) is 0 Å². The Hall–Kier alpha value is -0.610. The average molecular weight is 245 g/mol. The molecule has 0 aliphatic carbocycles. The lowest BCUT2D eigenvalue weighted by molar-refractivity contribution is -0.120. The Morgan fingerprint density at radius 2 is 1.65 bits per heavy atom. The lowest BCUT2D eigenvalue weighted by Gasteiger charge is -2.33. The second-order valence-corrected chi connectivity index (χ2v) is 3.98. The molecular formula is C13H31N3O. The predicted octanol–water partition coefficient (Wildman–Crippen LogP) is 1.42.